The molecule has 1 saturated heterocycles. The van der Waals surface area contributed by atoms with Crippen LogP contribution in [0.5, 0.6) is 0 Å². The number of carboxylic acids is 1. The zero-order valence-electron chi connectivity index (χ0n) is 12.5. The summed E-state index contributed by atoms with van der Waals surface area (Å²) in [6, 6.07) is 0. The molecule has 0 radical (unpaired) electrons. The van der Waals surface area contributed by atoms with Gasteiger partial charge >= 0.3 is 5.97 Å². The Morgan fingerprint density at radius 2 is 2.00 bits per heavy atom. The fourth-order valence-electron chi connectivity index (χ4n) is 3.84. The first kappa shape index (κ1) is 14.8. The van der Waals surface area contributed by atoms with Crippen LogP contribution in [-0.2, 0) is 4.79 Å². The van der Waals surface area contributed by atoms with Gasteiger partial charge in [0, 0.05) is 6.54 Å². The van der Waals surface area contributed by atoms with Crippen LogP contribution < -0.4 is 0 Å². The van der Waals surface area contributed by atoms with Crippen LogP contribution in [0, 0.1) is 17.3 Å². The second kappa shape index (κ2) is 6.25. The summed E-state index contributed by atoms with van der Waals surface area (Å²) in [6.07, 6.45) is 9.09. The van der Waals surface area contributed by atoms with E-state index in [1.165, 1.54) is 38.5 Å². The first-order valence-corrected chi connectivity index (χ1v) is 8.00. The van der Waals surface area contributed by atoms with Gasteiger partial charge in [0.1, 0.15) is 0 Å². The van der Waals surface area contributed by atoms with E-state index < -0.39 is 11.4 Å². The number of likely N-dealkylation sites (tertiary alicyclic amines) is 1. The van der Waals surface area contributed by atoms with Gasteiger partial charge in [0.25, 0.3) is 0 Å². The van der Waals surface area contributed by atoms with Gasteiger partial charge in [-0.3, -0.25) is 4.79 Å². The molecule has 0 amide bonds. The maximum absolute atomic E-state index is 11.6. The Kier molecular flexibility index (Phi) is 4.88. The van der Waals surface area contributed by atoms with E-state index in [1.807, 2.05) is 0 Å². The fourth-order valence-corrected chi connectivity index (χ4v) is 3.84. The third-order valence-electron chi connectivity index (χ3n) is 5.49. The topological polar surface area (TPSA) is 40.5 Å². The van der Waals surface area contributed by atoms with Crippen molar-refractivity contribution in [3.8, 4) is 0 Å². The smallest absolute Gasteiger partial charge is 0.311 e. The first-order chi connectivity index (χ1) is 9.04. The third kappa shape index (κ3) is 3.31. The summed E-state index contributed by atoms with van der Waals surface area (Å²) in [5.41, 5.74) is -0.493. The van der Waals surface area contributed by atoms with Crippen LogP contribution in [0.1, 0.15) is 58.8 Å². The summed E-state index contributed by atoms with van der Waals surface area (Å²) in [5, 5.41) is 9.54. The standard InChI is InChI=1S/C16H29NO2/c1-13(2)16(15(18)19)9-11-17(12-16)10-8-14-6-4-3-5-7-14/h13-14H,3-12H2,1-2H3,(H,18,19). The first-order valence-electron chi connectivity index (χ1n) is 8.00. The number of hydrogen-bond acceptors (Lipinski definition) is 2. The molecule has 2 aliphatic rings. The molecular weight excluding hydrogens is 238 g/mol. The van der Waals surface area contributed by atoms with Crippen LogP contribution in [-0.4, -0.2) is 35.6 Å². The molecule has 0 aromatic carbocycles. The van der Waals surface area contributed by atoms with Gasteiger partial charge in [-0.2, -0.15) is 0 Å². The van der Waals surface area contributed by atoms with E-state index in [2.05, 4.69) is 18.7 Å². The van der Waals surface area contributed by atoms with Crippen LogP contribution in [0.15, 0.2) is 0 Å². The minimum Gasteiger partial charge on any atom is -0.481 e. The average molecular weight is 267 g/mol. The molecule has 0 bridgehead atoms. The lowest BCUT2D eigenvalue weighted by molar-refractivity contribution is -0.151. The van der Waals surface area contributed by atoms with Gasteiger partial charge in [-0.15, -0.1) is 0 Å². The molecule has 3 nitrogen and oxygen atoms in total. The molecule has 2 rings (SSSR count). The van der Waals surface area contributed by atoms with Crippen LogP contribution in [0.3, 0.4) is 0 Å². The Bertz CT molecular complexity index is 310. The maximum atomic E-state index is 11.6. The summed E-state index contributed by atoms with van der Waals surface area (Å²) in [7, 11) is 0. The SMILES string of the molecule is CC(C)C1(C(=O)O)CCN(CCC2CCCCC2)C1. The molecule has 1 atom stereocenters. The Hall–Kier alpha value is -0.570. The Labute approximate surface area is 117 Å². The van der Waals surface area contributed by atoms with Gasteiger partial charge in [-0.1, -0.05) is 46.0 Å². The van der Waals surface area contributed by atoms with Crippen molar-refractivity contribution in [1.82, 2.24) is 4.90 Å². The number of carbonyl (C=O) groups is 1. The van der Waals surface area contributed by atoms with E-state index in [1.54, 1.807) is 0 Å². The van der Waals surface area contributed by atoms with Crippen molar-refractivity contribution in [3.63, 3.8) is 0 Å². The predicted molar refractivity (Wildman–Crippen MR) is 77.2 cm³/mol. The highest BCUT2D eigenvalue weighted by Gasteiger charge is 2.46. The van der Waals surface area contributed by atoms with Crippen LogP contribution in [0.25, 0.3) is 0 Å². The summed E-state index contributed by atoms with van der Waals surface area (Å²) in [6.45, 7) is 6.94. The van der Waals surface area contributed by atoms with Gasteiger partial charge in [0.05, 0.1) is 5.41 Å². The van der Waals surface area contributed by atoms with Crippen LogP contribution in [0.2, 0.25) is 0 Å². The summed E-state index contributed by atoms with van der Waals surface area (Å²) in [4.78, 5) is 14.0. The van der Waals surface area contributed by atoms with Crippen molar-refractivity contribution >= 4 is 5.97 Å². The van der Waals surface area contributed by atoms with E-state index in [4.69, 9.17) is 0 Å². The van der Waals surface area contributed by atoms with Crippen molar-refractivity contribution in [2.45, 2.75) is 58.8 Å². The van der Waals surface area contributed by atoms with E-state index in [9.17, 15) is 9.90 Å². The highest BCUT2D eigenvalue weighted by atomic mass is 16.4. The van der Waals surface area contributed by atoms with Crippen LogP contribution >= 0.6 is 0 Å². The van der Waals surface area contributed by atoms with Gasteiger partial charge < -0.3 is 10.0 Å². The summed E-state index contributed by atoms with van der Waals surface area (Å²) in [5.74, 6) is 0.528. The lowest BCUT2D eigenvalue weighted by Gasteiger charge is -2.29. The molecule has 1 unspecified atom stereocenters. The second-order valence-corrected chi connectivity index (χ2v) is 6.93. The van der Waals surface area contributed by atoms with Crippen LogP contribution in [0.4, 0.5) is 0 Å². The monoisotopic (exact) mass is 267 g/mol. The normalized spacial score (nSPS) is 30.1. The molecule has 1 aliphatic heterocycles. The molecule has 0 aromatic rings. The minimum atomic E-state index is -0.595. The number of hydrogen-bond donors (Lipinski definition) is 1. The molecule has 0 aromatic heterocycles. The molecule has 0 spiro atoms. The molecular formula is C16H29NO2. The lowest BCUT2D eigenvalue weighted by Crippen LogP contribution is -2.39. The van der Waals surface area contributed by atoms with Crippen molar-refractivity contribution in [2.75, 3.05) is 19.6 Å². The zero-order valence-corrected chi connectivity index (χ0v) is 12.5. The van der Waals surface area contributed by atoms with E-state index in [-0.39, 0.29) is 5.92 Å². The molecule has 2 fully saturated rings. The Morgan fingerprint density at radius 1 is 1.32 bits per heavy atom. The minimum absolute atomic E-state index is 0.227. The molecule has 3 heteroatoms. The third-order valence-corrected chi connectivity index (χ3v) is 5.49. The highest BCUT2D eigenvalue weighted by Crippen LogP contribution is 2.38. The van der Waals surface area contributed by atoms with E-state index in [0.717, 1.165) is 32.0 Å². The Morgan fingerprint density at radius 3 is 2.53 bits per heavy atom. The van der Waals surface area contributed by atoms with Gasteiger partial charge in [-0.25, -0.2) is 0 Å². The second-order valence-electron chi connectivity index (χ2n) is 6.93. The van der Waals surface area contributed by atoms with Crippen molar-refractivity contribution in [2.24, 2.45) is 17.3 Å². The fraction of sp³-hybridized carbons (Fsp3) is 0.938. The molecule has 19 heavy (non-hydrogen) atoms. The number of aliphatic carboxylic acids is 1. The molecule has 110 valence electrons. The Balaban J connectivity index is 1.82. The van der Waals surface area contributed by atoms with E-state index in [0.29, 0.717) is 0 Å². The number of rotatable bonds is 5. The highest BCUT2D eigenvalue weighted by molar-refractivity contribution is 5.75. The zero-order chi connectivity index (χ0) is 13.9. The van der Waals surface area contributed by atoms with Gasteiger partial charge in [0.15, 0.2) is 0 Å². The average Bonchev–Trinajstić information content (AvgIpc) is 2.83. The van der Waals surface area contributed by atoms with Crippen molar-refractivity contribution in [1.29, 1.82) is 0 Å². The largest absolute Gasteiger partial charge is 0.481 e. The number of carboxylic acid groups (broad SMARTS) is 1. The summed E-state index contributed by atoms with van der Waals surface area (Å²) < 4.78 is 0. The molecule has 1 N–H and O–H groups in total. The molecule has 1 saturated carbocycles. The molecule has 1 heterocycles. The van der Waals surface area contributed by atoms with E-state index >= 15 is 0 Å². The lowest BCUT2D eigenvalue weighted by atomic mass is 9.76. The van der Waals surface area contributed by atoms with Crippen molar-refractivity contribution < 1.29 is 9.90 Å². The van der Waals surface area contributed by atoms with Gasteiger partial charge in [-0.05, 0) is 37.8 Å². The van der Waals surface area contributed by atoms with Crippen molar-refractivity contribution in [3.05, 3.63) is 0 Å². The maximum Gasteiger partial charge on any atom is 0.311 e. The predicted octanol–water partition coefficient (Wildman–Crippen LogP) is 3.39. The van der Waals surface area contributed by atoms with Gasteiger partial charge in [0.2, 0.25) is 0 Å². The number of nitrogens with zero attached hydrogens (tertiary/aromatic N) is 1. The molecule has 1 aliphatic carbocycles. The summed E-state index contributed by atoms with van der Waals surface area (Å²) >= 11 is 0. The quantitative estimate of drug-likeness (QED) is 0.830.